The van der Waals surface area contributed by atoms with E-state index in [9.17, 15) is 8.42 Å². The van der Waals surface area contributed by atoms with Gasteiger partial charge in [0, 0.05) is 13.6 Å². The first-order valence-corrected chi connectivity index (χ1v) is 8.07. The van der Waals surface area contributed by atoms with E-state index in [1.807, 2.05) is 31.2 Å². The van der Waals surface area contributed by atoms with Crippen LogP contribution in [0.5, 0.6) is 5.75 Å². The molecule has 7 heteroatoms. The molecule has 0 unspecified atom stereocenters. The Morgan fingerprint density at radius 3 is 2.48 bits per heavy atom. The topological polar surface area (TPSA) is 75.3 Å². The fourth-order valence-electron chi connectivity index (χ4n) is 1.97. The Hall–Kier alpha value is -1.86. The van der Waals surface area contributed by atoms with E-state index in [-0.39, 0.29) is 4.90 Å². The standard InChI is InChI=1S/C14H19N3O3S/c1-4-20-13-7-5-12(6-8-13)10-17(3)21(18,19)14-9-15-16-11(14)2/h5-9H,4,10H2,1-3H3,(H,15,16). The van der Waals surface area contributed by atoms with Gasteiger partial charge in [0.25, 0.3) is 0 Å². The van der Waals surface area contributed by atoms with Gasteiger partial charge in [-0.1, -0.05) is 12.1 Å². The molecule has 2 aromatic rings. The van der Waals surface area contributed by atoms with Crippen molar-refractivity contribution in [1.82, 2.24) is 14.5 Å². The number of aromatic amines is 1. The van der Waals surface area contributed by atoms with E-state index in [1.54, 1.807) is 14.0 Å². The predicted molar refractivity (Wildman–Crippen MR) is 79.6 cm³/mol. The second-order valence-electron chi connectivity index (χ2n) is 4.70. The number of aromatic nitrogens is 2. The molecule has 0 bridgehead atoms. The minimum absolute atomic E-state index is 0.205. The van der Waals surface area contributed by atoms with Crippen LogP contribution in [0.15, 0.2) is 35.4 Å². The third-order valence-corrected chi connectivity index (χ3v) is 5.03. The van der Waals surface area contributed by atoms with Gasteiger partial charge in [-0.2, -0.15) is 9.40 Å². The number of aryl methyl sites for hydroxylation is 1. The summed E-state index contributed by atoms with van der Waals surface area (Å²) in [5.41, 5.74) is 1.43. The van der Waals surface area contributed by atoms with E-state index in [1.165, 1.54) is 10.5 Å². The summed E-state index contributed by atoms with van der Waals surface area (Å²) in [5, 5.41) is 6.40. The molecule has 0 radical (unpaired) electrons. The van der Waals surface area contributed by atoms with Crippen LogP contribution in [-0.2, 0) is 16.6 Å². The molecule has 114 valence electrons. The molecule has 0 amide bonds. The number of sulfonamides is 1. The van der Waals surface area contributed by atoms with E-state index in [4.69, 9.17) is 4.74 Å². The smallest absolute Gasteiger partial charge is 0.246 e. The van der Waals surface area contributed by atoms with Crippen LogP contribution < -0.4 is 4.74 Å². The molecule has 0 aliphatic rings. The molecule has 0 fully saturated rings. The molecule has 1 aromatic heterocycles. The monoisotopic (exact) mass is 309 g/mol. The second-order valence-corrected chi connectivity index (χ2v) is 6.71. The van der Waals surface area contributed by atoms with Crippen LogP contribution >= 0.6 is 0 Å². The first-order chi connectivity index (χ1) is 9.95. The van der Waals surface area contributed by atoms with E-state index >= 15 is 0 Å². The van der Waals surface area contributed by atoms with Crippen LogP contribution in [0.25, 0.3) is 0 Å². The zero-order valence-corrected chi connectivity index (χ0v) is 13.1. The summed E-state index contributed by atoms with van der Waals surface area (Å²) in [5.74, 6) is 0.775. The highest BCUT2D eigenvalue weighted by molar-refractivity contribution is 7.89. The van der Waals surface area contributed by atoms with Gasteiger partial charge in [-0.05, 0) is 31.5 Å². The number of nitrogens with one attached hydrogen (secondary N) is 1. The Bertz CT molecular complexity index is 693. The fraction of sp³-hybridized carbons (Fsp3) is 0.357. The van der Waals surface area contributed by atoms with Crippen molar-refractivity contribution in [2.75, 3.05) is 13.7 Å². The molecular weight excluding hydrogens is 290 g/mol. The van der Waals surface area contributed by atoms with Gasteiger partial charge in [-0.3, -0.25) is 5.10 Å². The quantitative estimate of drug-likeness (QED) is 0.885. The zero-order chi connectivity index (χ0) is 15.5. The van der Waals surface area contributed by atoms with Crippen molar-refractivity contribution in [1.29, 1.82) is 0 Å². The number of ether oxygens (including phenoxy) is 1. The van der Waals surface area contributed by atoms with E-state index in [0.717, 1.165) is 11.3 Å². The van der Waals surface area contributed by atoms with Gasteiger partial charge < -0.3 is 4.74 Å². The molecule has 1 N–H and O–H groups in total. The fourth-order valence-corrected chi connectivity index (χ4v) is 3.24. The van der Waals surface area contributed by atoms with Crippen molar-refractivity contribution >= 4 is 10.0 Å². The molecule has 0 aliphatic carbocycles. The number of hydrogen-bond acceptors (Lipinski definition) is 4. The number of hydrogen-bond donors (Lipinski definition) is 1. The zero-order valence-electron chi connectivity index (χ0n) is 12.3. The molecule has 0 atom stereocenters. The number of rotatable bonds is 6. The molecule has 2 rings (SSSR count). The molecule has 6 nitrogen and oxygen atoms in total. The van der Waals surface area contributed by atoms with Gasteiger partial charge in [-0.15, -0.1) is 0 Å². The highest BCUT2D eigenvalue weighted by atomic mass is 32.2. The third kappa shape index (κ3) is 3.43. The summed E-state index contributed by atoms with van der Waals surface area (Å²) in [6.07, 6.45) is 1.33. The van der Waals surface area contributed by atoms with Crippen molar-refractivity contribution in [3.8, 4) is 5.75 Å². The molecule has 0 saturated carbocycles. The molecular formula is C14H19N3O3S. The van der Waals surface area contributed by atoms with Crippen LogP contribution in [0.4, 0.5) is 0 Å². The van der Waals surface area contributed by atoms with Gasteiger partial charge in [0.2, 0.25) is 10.0 Å². The van der Waals surface area contributed by atoms with Gasteiger partial charge >= 0.3 is 0 Å². The minimum Gasteiger partial charge on any atom is -0.494 e. The van der Waals surface area contributed by atoms with Gasteiger partial charge in [0.15, 0.2) is 0 Å². The molecule has 0 aliphatic heterocycles. The summed E-state index contributed by atoms with van der Waals surface area (Å²) in [7, 11) is -1.98. The van der Waals surface area contributed by atoms with Crippen molar-refractivity contribution in [2.45, 2.75) is 25.3 Å². The highest BCUT2D eigenvalue weighted by Crippen LogP contribution is 2.19. The number of benzene rings is 1. The maximum absolute atomic E-state index is 12.4. The van der Waals surface area contributed by atoms with Gasteiger partial charge in [-0.25, -0.2) is 8.42 Å². The van der Waals surface area contributed by atoms with Crippen molar-refractivity contribution in [3.05, 3.63) is 41.7 Å². The van der Waals surface area contributed by atoms with E-state index in [2.05, 4.69) is 10.2 Å². The largest absolute Gasteiger partial charge is 0.494 e. The Balaban J connectivity index is 2.14. The lowest BCUT2D eigenvalue weighted by atomic mass is 10.2. The first kappa shape index (κ1) is 15.5. The molecule has 21 heavy (non-hydrogen) atoms. The molecule has 0 saturated heterocycles. The lowest BCUT2D eigenvalue weighted by Gasteiger charge is -2.17. The Morgan fingerprint density at radius 2 is 1.95 bits per heavy atom. The number of nitrogens with zero attached hydrogens (tertiary/aromatic N) is 2. The normalized spacial score (nSPS) is 11.8. The summed E-state index contributed by atoms with van der Waals surface area (Å²) in [6, 6.07) is 7.39. The Kier molecular flexibility index (Phi) is 4.64. The summed E-state index contributed by atoms with van der Waals surface area (Å²) in [6.45, 7) is 4.50. The average Bonchev–Trinajstić information content (AvgIpc) is 2.88. The predicted octanol–water partition coefficient (Wildman–Crippen LogP) is 1.94. The van der Waals surface area contributed by atoms with Gasteiger partial charge in [0.1, 0.15) is 10.6 Å². The third-order valence-electron chi connectivity index (χ3n) is 3.11. The summed E-state index contributed by atoms with van der Waals surface area (Å²) >= 11 is 0. The Morgan fingerprint density at radius 1 is 1.29 bits per heavy atom. The van der Waals surface area contributed by atoms with Crippen LogP contribution in [0, 0.1) is 6.92 Å². The van der Waals surface area contributed by atoms with Crippen LogP contribution in [0.1, 0.15) is 18.2 Å². The lowest BCUT2D eigenvalue weighted by molar-refractivity contribution is 0.340. The maximum Gasteiger partial charge on any atom is 0.246 e. The van der Waals surface area contributed by atoms with Crippen LogP contribution in [0.2, 0.25) is 0 Å². The summed E-state index contributed by atoms with van der Waals surface area (Å²) in [4.78, 5) is 0.205. The Labute approximate surface area is 124 Å². The SMILES string of the molecule is CCOc1ccc(CN(C)S(=O)(=O)c2cn[nH]c2C)cc1. The highest BCUT2D eigenvalue weighted by Gasteiger charge is 2.24. The van der Waals surface area contributed by atoms with E-state index in [0.29, 0.717) is 18.8 Å². The molecule has 1 heterocycles. The first-order valence-electron chi connectivity index (χ1n) is 6.63. The van der Waals surface area contributed by atoms with Gasteiger partial charge in [0.05, 0.1) is 18.5 Å². The maximum atomic E-state index is 12.4. The molecule has 1 aromatic carbocycles. The van der Waals surface area contributed by atoms with Crippen molar-refractivity contribution < 1.29 is 13.2 Å². The average molecular weight is 309 g/mol. The summed E-state index contributed by atoms with van der Waals surface area (Å²) < 4.78 is 31.5. The van der Waals surface area contributed by atoms with E-state index < -0.39 is 10.0 Å². The lowest BCUT2D eigenvalue weighted by Crippen LogP contribution is -2.26. The minimum atomic E-state index is -3.54. The van der Waals surface area contributed by atoms with Crippen LogP contribution in [0.3, 0.4) is 0 Å². The van der Waals surface area contributed by atoms with Crippen LogP contribution in [-0.4, -0.2) is 36.6 Å². The molecule has 0 spiro atoms. The second kappa shape index (κ2) is 6.28. The van der Waals surface area contributed by atoms with Crippen molar-refractivity contribution in [3.63, 3.8) is 0 Å². The number of H-pyrrole nitrogens is 1. The van der Waals surface area contributed by atoms with Crippen molar-refractivity contribution in [2.24, 2.45) is 0 Å².